The lowest BCUT2D eigenvalue weighted by molar-refractivity contribution is 0.0921. The minimum Gasteiger partial charge on any atom is -0.484 e. The van der Waals surface area contributed by atoms with Crippen LogP contribution in [-0.4, -0.2) is 18.6 Å². The molecular weight excluding hydrogens is 372 g/mol. The van der Waals surface area contributed by atoms with Gasteiger partial charge in [0.2, 0.25) is 0 Å². The maximum Gasteiger partial charge on any atom is 0.200 e. The molecule has 0 aromatic heterocycles. The summed E-state index contributed by atoms with van der Waals surface area (Å²) in [7, 11) is 0. The van der Waals surface area contributed by atoms with Gasteiger partial charge in [-0.15, -0.1) is 11.8 Å². The highest BCUT2D eigenvalue weighted by atomic mass is 79.9. The SMILES string of the molecule is CSc1ccc(C(=O)COc2c(C)cc(Br)cc2Cl)cc1. The Balaban J connectivity index is 2.07. The molecule has 0 heterocycles. The van der Waals surface area contributed by atoms with E-state index in [0.29, 0.717) is 16.3 Å². The number of ether oxygens (including phenoxy) is 1. The lowest BCUT2D eigenvalue weighted by Gasteiger charge is -2.11. The zero-order chi connectivity index (χ0) is 15.4. The predicted octanol–water partition coefficient (Wildman–Crippen LogP) is 5.39. The summed E-state index contributed by atoms with van der Waals surface area (Å²) in [4.78, 5) is 13.2. The Labute approximate surface area is 142 Å². The van der Waals surface area contributed by atoms with Gasteiger partial charge in [-0.25, -0.2) is 0 Å². The monoisotopic (exact) mass is 384 g/mol. The average molecular weight is 386 g/mol. The van der Waals surface area contributed by atoms with E-state index in [2.05, 4.69) is 15.9 Å². The first-order valence-electron chi connectivity index (χ1n) is 6.27. The summed E-state index contributed by atoms with van der Waals surface area (Å²) in [5.74, 6) is 0.481. The molecule has 2 aromatic rings. The Morgan fingerprint density at radius 1 is 1.29 bits per heavy atom. The number of benzene rings is 2. The van der Waals surface area contributed by atoms with Crippen LogP contribution in [-0.2, 0) is 0 Å². The van der Waals surface area contributed by atoms with Crippen LogP contribution in [0.5, 0.6) is 5.75 Å². The third-order valence-electron chi connectivity index (χ3n) is 2.95. The number of thioether (sulfide) groups is 1. The molecule has 0 saturated carbocycles. The molecule has 2 aromatic carbocycles. The van der Waals surface area contributed by atoms with Crippen molar-refractivity contribution in [2.45, 2.75) is 11.8 Å². The molecule has 0 bridgehead atoms. The third kappa shape index (κ3) is 4.25. The lowest BCUT2D eigenvalue weighted by Crippen LogP contribution is -2.12. The van der Waals surface area contributed by atoms with E-state index in [1.807, 2.05) is 43.5 Å². The number of hydrogen-bond donors (Lipinski definition) is 0. The van der Waals surface area contributed by atoms with Crippen LogP contribution in [0.1, 0.15) is 15.9 Å². The maximum atomic E-state index is 12.1. The molecule has 0 fully saturated rings. The molecule has 5 heteroatoms. The number of ketones is 1. The number of halogens is 2. The standard InChI is InChI=1S/C16H14BrClO2S/c1-10-7-12(17)8-14(18)16(10)20-9-15(19)11-3-5-13(21-2)6-4-11/h3-8H,9H2,1-2H3. The van der Waals surface area contributed by atoms with E-state index in [1.54, 1.807) is 17.8 Å². The van der Waals surface area contributed by atoms with Gasteiger partial charge in [0.05, 0.1) is 5.02 Å². The normalized spacial score (nSPS) is 10.5. The Bertz CT molecular complexity index is 633. The Kier molecular flexibility index (Phi) is 5.73. The van der Waals surface area contributed by atoms with Crippen LogP contribution >= 0.6 is 39.3 Å². The van der Waals surface area contributed by atoms with Gasteiger partial charge in [-0.05, 0) is 43.0 Å². The van der Waals surface area contributed by atoms with E-state index in [1.165, 1.54) is 0 Å². The van der Waals surface area contributed by atoms with Crippen molar-refractivity contribution in [2.75, 3.05) is 12.9 Å². The van der Waals surface area contributed by atoms with E-state index < -0.39 is 0 Å². The van der Waals surface area contributed by atoms with E-state index in [-0.39, 0.29) is 12.4 Å². The van der Waals surface area contributed by atoms with E-state index in [0.717, 1.165) is 14.9 Å². The topological polar surface area (TPSA) is 26.3 Å². The Hall–Kier alpha value is -0.970. The summed E-state index contributed by atoms with van der Waals surface area (Å²) in [6.07, 6.45) is 2.00. The summed E-state index contributed by atoms with van der Waals surface area (Å²) < 4.78 is 6.47. The van der Waals surface area contributed by atoms with Crippen molar-refractivity contribution in [3.05, 3.63) is 57.0 Å². The van der Waals surface area contributed by atoms with Gasteiger partial charge in [-0.2, -0.15) is 0 Å². The zero-order valence-electron chi connectivity index (χ0n) is 11.7. The third-order valence-corrected chi connectivity index (χ3v) is 4.44. The van der Waals surface area contributed by atoms with Crippen molar-refractivity contribution in [1.29, 1.82) is 0 Å². The smallest absolute Gasteiger partial charge is 0.200 e. The van der Waals surface area contributed by atoms with Gasteiger partial charge in [-0.1, -0.05) is 39.7 Å². The molecule has 2 nitrogen and oxygen atoms in total. The molecule has 0 aliphatic heterocycles. The highest BCUT2D eigenvalue weighted by Gasteiger charge is 2.11. The lowest BCUT2D eigenvalue weighted by atomic mass is 10.1. The number of rotatable bonds is 5. The highest BCUT2D eigenvalue weighted by molar-refractivity contribution is 9.10. The summed E-state index contributed by atoms with van der Waals surface area (Å²) in [5.41, 5.74) is 1.53. The second-order valence-corrected chi connectivity index (χ2v) is 6.68. The minimum atomic E-state index is -0.0685. The van der Waals surface area contributed by atoms with Crippen molar-refractivity contribution >= 4 is 45.1 Å². The summed E-state index contributed by atoms with van der Waals surface area (Å²) >= 11 is 11.1. The molecule has 0 amide bonds. The van der Waals surface area contributed by atoms with Gasteiger partial charge < -0.3 is 4.74 Å². The van der Waals surface area contributed by atoms with Crippen LogP contribution in [0, 0.1) is 6.92 Å². The first kappa shape index (κ1) is 16.4. The van der Waals surface area contributed by atoms with Crippen molar-refractivity contribution < 1.29 is 9.53 Å². The second kappa shape index (κ2) is 7.34. The van der Waals surface area contributed by atoms with Crippen LogP contribution in [0.3, 0.4) is 0 Å². The van der Waals surface area contributed by atoms with Gasteiger partial charge in [0, 0.05) is 14.9 Å². The largest absolute Gasteiger partial charge is 0.484 e. The molecule has 2 rings (SSSR count). The Morgan fingerprint density at radius 2 is 1.95 bits per heavy atom. The number of hydrogen-bond acceptors (Lipinski definition) is 3. The van der Waals surface area contributed by atoms with Gasteiger partial charge in [0.15, 0.2) is 12.4 Å². The van der Waals surface area contributed by atoms with Crippen molar-refractivity contribution in [3.8, 4) is 5.75 Å². The molecule has 0 aliphatic carbocycles. The number of carbonyl (C=O) groups excluding carboxylic acids is 1. The highest BCUT2D eigenvalue weighted by Crippen LogP contribution is 2.32. The van der Waals surface area contributed by atoms with E-state index in [9.17, 15) is 4.79 Å². The first-order valence-corrected chi connectivity index (χ1v) is 8.66. The second-order valence-electron chi connectivity index (χ2n) is 4.47. The quantitative estimate of drug-likeness (QED) is 0.509. The Morgan fingerprint density at radius 3 is 2.52 bits per heavy atom. The van der Waals surface area contributed by atoms with Gasteiger partial charge in [-0.3, -0.25) is 4.79 Å². The molecule has 110 valence electrons. The summed E-state index contributed by atoms with van der Waals surface area (Å²) in [5, 5.41) is 0.493. The zero-order valence-corrected chi connectivity index (χ0v) is 14.8. The average Bonchev–Trinajstić information content (AvgIpc) is 2.46. The molecule has 0 spiro atoms. The molecule has 21 heavy (non-hydrogen) atoms. The molecule has 0 saturated heterocycles. The van der Waals surface area contributed by atoms with Crippen molar-refractivity contribution in [3.63, 3.8) is 0 Å². The minimum absolute atomic E-state index is 0.0270. The number of aryl methyl sites for hydroxylation is 1. The van der Waals surface area contributed by atoms with Crippen molar-refractivity contribution in [1.82, 2.24) is 0 Å². The molecule has 0 aliphatic rings. The fourth-order valence-electron chi connectivity index (χ4n) is 1.87. The van der Waals surface area contributed by atoms with Crippen LogP contribution in [0.2, 0.25) is 5.02 Å². The van der Waals surface area contributed by atoms with Gasteiger partial charge in [0.1, 0.15) is 5.75 Å². The molecular formula is C16H14BrClO2S. The van der Waals surface area contributed by atoms with Gasteiger partial charge >= 0.3 is 0 Å². The van der Waals surface area contributed by atoms with Crippen LogP contribution in [0.15, 0.2) is 45.8 Å². The summed E-state index contributed by atoms with van der Waals surface area (Å²) in [6, 6.07) is 11.1. The molecule has 0 N–H and O–H groups in total. The molecule has 0 atom stereocenters. The van der Waals surface area contributed by atoms with Crippen LogP contribution in [0.4, 0.5) is 0 Å². The van der Waals surface area contributed by atoms with Crippen LogP contribution < -0.4 is 4.74 Å². The van der Waals surface area contributed by atoms with E-state index in [4.69, 9.17) is 16.3 Å². The number of Topliss-reactive ketones (excluding diaryl/α,β-unsaturated/α-hetero) is 1. The first-order chi connectivity index (χ1) is 10.0. The van der Waals surface area contributed by atoms with Gasteiger partial charge in [0.25, 0.3) is 0 Å². The fourth-order valence-corrected chi connectivity index (χ4v) is 3.30. The van der Waals surface area contributed by atoms with Crippen molar-refractivity contribution in [2.24, 2.45) is 0 Å². The molecule has 0 unspecified atom stereocenters. The fraction of sp³-hybridized carbons (Fsp3) is 0.188. The van der Waals surface area contributed by atoms with Crippen LogP contribution in [0.25, 0.3) is 0 Å². The summed E-state index contributed by atoms with van der Waals surface area (Å²) in [6.45, 7) is 1.87. The maximum absolute atomic E-state index is 12.1. The number of carbonyl (C=O) groups is 1. The predicted molar refractivity (Wildman–Crippen MR) is 91.9 cm³/mol. The van der Waals surface area contributed by atoms with E-state index >= 15 is 0 Å². The molecule has 0 radical (unpaired) electrons.